The Labute approximate surface area is 128 Å². The highest BCUT2D eigenvalue weighted by atomic mass is 16.5. The molecule has 0 atom stereocenters. The van der Waals surface area contributed by atoms with Gasteiger partial charge in [-0.2, -0.15) is 0 Å². The maximum atomic E-state index is 12.0. The summed E-state index contributed by atoms with van der Waals surface area (Å²) in [5, 5.41) is 3.84. The smallest absolute Gasteiger partial charge is 0.226 e. The maximum Gasteiger partial charge on any atom is 0.226 e. The minimum absolute atomic E-state index is 0.0247. The van der Waals surface area contributed by atoms with Crippen LogP contribution in [-0.4, -0.2) is 22.6 Å². The summed E-state index contributed by atoms with van der Waals surface area (Å²) in [7, 11) is 1.63. The maximum absolute atomic E-state index is 12.0. The zero-order valence-corrected chi connectivity index (χ0v) is 12.3. The summed E-state index contributed by atoms with van der Waals surface area (Å²) in [6.07, 6.45) is 5.97. The van der Waals surface area contributed by atoms with E-state index in [1.807, 2.05) is 53.4 Å². The Morgan fingerprint density at radius 3 is 2.86 bits per heavy atom. The number of carbonyl (C=O) groups is 1. The number of amides is 1. The summed E-state index contributed by atoms with van der Waals surface area (Å²) < 4.78 is 7.15. The number of fused-ring (bicyclic) bond motifs is 1. The van der Waals surface area contributed by atoms with Crippen molar-refractivity contribution >= 4 is 22.5 Å². The zero-order valence-electron chi connectivity index (χ0n) is 12.3. The van der Waals surface area contributed by atoms with Crippen molar-refractivity contribution in [1.82, 2.24) is 9.55 Å². The SMILES string of the molecule is COc1ccc2cc(NC(=O)CCn3cccc3)cnc2c1. The fraction of sp³-hybridized carbons (Fsp3) is 0.176. The number of nitrogens with zero attached hydrogens (tertiary/aromatic N) is 2. The Kier molecular flexibility index (Phi) is 4.05. The molecule has 0 radical (unpaired) electrons. The number of aryl methyl sites for hydroxylation is 1. The lowest BCUT2D eigenvalue weighted by Gasteiger charge is -2.07. The zero-order chi connectivity index (χ0) is 15.4. The van der Waals surface area contributed by atoms with Crippen LogP contribution in [0.3, 0.4) is 0 Å². The predicted molar refractivity (Wildman–Crippen MR) is 86.0 cm³/mol. The van der Waals surface area contributed by atoms with E-state index in [0.717, 1.165) is 16.7 Å². The average molecular weight is 295 g/mol. The number of hydrogen-bond acceptors (Lipinski definition) is 3. The van der Waals surface area contributed by atoms with Crippen LogP contribution in [0.25, 0.3) is 10.9 Å². The lowest BCUT2D eigenvalue weighted by molar-refractivity contribution is -0.116. The van der Waals surface area contributed by atoms with Crippen molar-refractivity contribution in [3.63, 3.8) is 0 Å². The van der Waals surface area contributed by atoms with Gasteiger partial charge in [0.15, 0.2) is 0 Å². The molecule has 22 heavy (non-hydrogen) atoms. The molecule has 0 saturated heterocycles. The first kappa shape index (κ1) is 14.1. The predicted octanol–water partition coefficient (Wildman–Crippen LogP) is 3.07. The van der Waals surface area contributed by atoms with Gasteiger partial charge in [0, 0.05) is 36.8 Å². The molecule has 0 spiro atoms. The Hall–Kier alpha value is -2.82. The molecule has 2 heterocycles. The third-order valence-corrected chi connectivity index (χ3v) is 3.44. The van der Waals surface area contributed by atoms with E-state index < -0.39 is 0 Å². The quantitative estimate of drug-likeness (QED) is 0.787. The molecule has 0 unspecified atom stereocenters. The van der Waals surface area contributed by atoms with Gasteiger partial charge in [-0.25, -0.2) is 0 Å². The summed E-state index contributed by atoms with van der Waals surface area (Å²) in [6, 6.07) is 11.5. The fourth-order valence-electron chi connectivity index (χ4n) is 2.27. The summed E-state index contributed by atoms with van der Waals surface area (Å²) in [5.41, 5.74) is 1.54. The number of rotatable bonds is 5. The number of benzene rings is 1. The Morgan fingerprint density at radius 2 is 2.09 bits per heavy atom. The Balaban J connectivity index is 1.66. The summed E-state index contributed by atoms with van der Waals surface area (Å²) in [5.74, 6) is 0.742. The van der Waals surface area contributed by atoms with E-state index >= 15 is 0 Å². The highest BCUT2D eigenvalue weighted by Crippen LogP contribution is 2.21. The molecular formula is C17H17N3O2. The van der Waals surface area contributed by atoms with Crippen LogP contribution in [-0.2, 0) is 11.3 Å². The van der Waals surface area contributed by atoms with Gasteiger partial charge in [-0.05, 0) is 30.3 Å². The van der Waals surface area contributed by atoms with E-state index in [0.29, 0.717) is 18.7 Å². The molecule has 1 amide bonds. The van der Waals surface area contributed by atoms with Crippen molar-refractivity contribution < 1.29 is 9.53 Å². The molecule has 2 aromatic heterocycles. The second-order valence-electron chi connectivity index (χ2n) is 5.00. The number of pyridine rings is 1. The Bertz CT molecular complexity index is 782. The van der Waals surface area contributed by atoms with Gasteiger partial charge in [0.25, 0.3) is 0 Å². The van der Waals surface area contributed by atoms with E-state index in [1.54, 1.807) is 13.3 Å². The molecule has 0 saturated carbocycles. The van der Waals surface area contributed by atoms with Crippen molar-refractivity contribution in [2.75, 3.05) is 12.4 Å². The number of methoxy groups -OCH3 is 1. The number of hydrogen-bond donors (Lipinski definition) is 1. The monoisotopic (exact) mass is 295 g/mol. The number of aromatic nitrogens is 2. The van der Waals surface area contributed by atoms with Crippen molar-refractivity contribution in [1.29, 1.82) is 0 Å². The van der Waals surface area contributed by atoms with Gasteiger partial charge in [0.2, 0.25) is 5.91 Å². The van der Waals surface area contributed by atoms with Gasteiger partial charge >= 0.3 is 0 Å². The minimum Gasteiger partial charge on any atom is -0.497 e. The van der Waals surface area contributed by atoms with Crippen LogP contribution in [0.15, 0.2) is 55.0 Å². The number of carbonyl (C=O) groups excluding carboxylic acids is 1. The van der Waals surface area contributed by atoms with Crippen LogP contribution < -0.4 is 10.1 Å². The molecule has 5 heteroatoms. The van der Waals surface area contributed by atoms with Gasteiger partial charge in [0.05, 0.1) is 24.5 Å². The molecule has 5 nitrogen and oxygen atoms in total. The summed E-state index contributed by atoms with van der Waals surface area (Å²) >= 11 is 0. The summed E-state index contributed by atoms with van der Waals surface area (Å²) in [6.45, 7) is 0.664. The van der Waals surface area contributed by atoms with E-state index in [2.05, 4.69) is 10.3 Å². The van der Waals surface area contributed by atoms with Gasteiger partial charge in [-0.3, -0.25) is 9.78 Å². The van der Waals surface area contributed by atoms with E-state index in [-0.39, 0.29) is 5.91 Å². The second kappa shape index (κ2) is 6.30. The number of nitrogens with one attached hydrogen (secondary N) is 1. The molecular weight excluding hydrogens is 278 g/mol. The second-order valence-corrected chi connectivity index (χ2v) is 5.00. The molecule has 1 aromatic carbocycles. The van der Waals surface area contributed by atoms with Crippen LogP contribution in [0.1, 0.15) is 6.42 Å². The van der Waals surface area contributed by atoms with Gasteiger partial charge in [-0.1, -0.05) is 0 Å². The number of anilines is 1. The fourth-order valence-corrected chi connectivity index (χ4v) is 2.27. The molecule has 3 rings (SSSR count). The molecule has 0 bridgehead atoms. The average Bonchev–Trinajstić information content (AvgIpc) is 3.06. The molecule has 0 aliphatic heterocycles. The first-order valence-electron chi connectivity index (χ1n) is 7.09. The highest BCUT2D eigenvalue weighted by molar-refractivity contribution is 5.93. The van der Waals surface area contributed by atoms with E-state index in [1.165, 1.54) is 0 Å². The Morgan fingerprint density at radius 1 is 1.27 bits per heavy atom. The van der Waals surface area contributed by atoms with Crippen LogP contribution in [0.2, 0.25) is 0 Å². The molecule has 0 fully saturated rings. The van der Waals surface area contributed by atoms with Crippen LogP contribution in [0.4, 0.5) is 5.69 Å². The normalized spacial score (nSPS) is 10.6. The molecule has 112 valence electrons. The minimum atomic E-state index is -0.0247. The van der Waals surface area contributed by atoms with Gasteiger partial charge in [-0.15, -0.1) is 0 Å². The van der Waals surface area contributed by atoms with Crippen LogP contribution in [0, 0.1) is 0 Å². The molecule has 1 N–H and O–H groups in total. The molecule has 0 aliphatic rings. The van der Waals surface area contributed by atoms with Crippen molar-refractivity contribution in [3.8, 4) is 5.75 Å². The lowest BCUT2D eigenvalue weighted by Crippen LogP contribution is -2.14. The lowest BCUT2D eigenvalue weighted by atomic mass is 10.2. The largest absolute Gasteiger partial charge is 0.497 e. The first-order chi connectivity index (χ1) is 10.7. The first-order valence-corrected chi connectivity index (χ1v) is 7.09. The van der Waals surface area contributed by atoms with Crippen molar-refractivity contribution in [2.24, 2.45) is 0 Å². The van der Waals surface area contributed by atoms with Gasteiger partial charge in [0.1, 0.15) is 5.75 Å². The highest BCUT2D eigenvalue weighted by Gasteiger charge is 2.05. The third-order valence-electron chi connectivity index (χ3n) is 3.44. The topological polar surface area (TPSA) is 56.1 Å². The number of ether oxygens (including phenoxy) is 1. The summed E-state index contributed by atoms with van der Waals surface area (Å²) in [4.78, 5) is 16.3. The van der Waals surface area contributed by atoms with Crippen LogP contribution >= 0.6 is 0 Å². The van der Waals surface area contributed by atoms with Gasteiger partial charge < -0.3 is 14.6 Å². The van der Waals surface area contributed by atoms with E-state index in [9.17, 15) is 4.79 Å². The van der Waals surface area contributed by atoms with Crippen molar-refractivity contribution in [3.05, 3.63) is 55.0 Å². The molecule has 0 aliphatic carbocycles. The third kappa shape index (κ3) is 3.25. The van der Waals surface area contributed by atoms with Crippen molar-refractivity contribution in [2.45, 2.75) is 13.0 Å². The standard InChI is InChI=1S/C17H17N3O2/c1-22-15-5-4-13-10-14(12-18-16(13)11-15)19-17(21)6-9-20-7-2-3-8-20/h2-5,7-8,10-12H,6,9H2,1H3,(H,19,21). The van der Waals surface area contributed by atoms with E-state index in [4.69, 9.17) is 4.74 Å². The molecule has 3 aromatic rings. The van der Waals surface area contributed by atoms with Crippen LogP contribution in [0.5, 0.6) is 5.75 Å².